The lowest BCUT2D eigenvalue weighted by atomic mass is 9.77. The fourth-order valence-corrected chi connectivity index (χ4v) is 3.80. The van der Waals surface area contributed by atoms with Crippen LogP contribution in [0, 0.1) is 11.2 Å². The van der Waals surface area contributed by atoms with Gasteiger partial charge in [-0.15, -0.1) is 0 Å². The third kappa shape index (κ3) is 3.13. The SMILES string of the molecule is CCN1CC2(CCN(Cc3ccc(Cl)c(F)c3)CC2)CC1=O. The van der Waals surface area contributed by atoms with Crippen LogP contribution in [0.4, 0.5) is 4.39 Å². The van der Waals surface area contributed by atoms with Gasteiger partial charge in [0.25, 0.3) is 0 Å². The van der Waals surface area contributed by atoms with E-state index < -0.39 is 0 Å². The molecule has 1 spiro atoms. The van der Waals surface area contributed by atoms with Gasteiger partial charge in [0.05, 0.1) is 5.02 Å². The minimum absolute atomic E-state index is 0.172. The van der Waals surface area contributed by atoms with E-state index in [-0.39, 0.29) is 16.3 Å². The predicted octanol–water partition coefficient (Wildman–Crippen LogP) is 3.31. The number of likely N-dealkylation sites (tertiary alicyclic amines) is 2. The summed E-state index contributed by atoms with van der Waals surface area (Å²) in [7, 11) is 0. The Kier molecular flexibility index (Phi) is 4.42. The third-order valence-electron chi connectivity index (χ3n) is 5.09. The molecule has 3 nitrogen and oxygen atoms in total. The van der Waals surface area contributed by atoms with Crippen LogP contribution in [0.3, 0.4) is 0 Å². The van der Waals surface area contributed by atoms with Crippen LogP contribution >= 0.6 is 11.6 Å². The van der Waals surface area contributed by atoms with Crippen LogP contribution in [0.1, 0.15) is 31.7 Å². The van der Waals surface area contributed by atoms with Gasteiger partial charge >= 0.3 is 0 Å². The van der Waals surface area contributed by atoms with Gasteiger partial charge in [-0.25, -0.2) is 4.39 Å². The van der Waals surface area contributed by atoms with Crippen LogP contribution in [0.5, 0.6) is 0 Å². The second-order valence-corrected chi connectivity index (χ2v) is 7.02. The number of carbonyl (C=O) groups excluding carboxylic acids is 1. The molecule has 2 aliphatic rings. The van der Waals surface area contributed by atoms with E-state index in [4.69, 9.17) is 11.6 Å². The number of rotatable bonds is 3. The average molecular weight is 325 g/mol. The molecule has 120 valence electrons. The molecule has 0 aliphatic carbocycles. The zero-order valence-electron chi connectivity index (χ0n) is 12.9. The Labute approximate surface area is 136 Å². The largest absolute Gasteiger partial charge is 0.342 e. The highest BCUT2D eigenvalue weighted by molar-refractivity contribution is 6.30. The maximum atomic E-state index is 13.5. The zero-order valence-corrected chi connectivity index (χ0v) is 13.7. The molecular weight excluding hydrogens is 303 g/mol. The van der Waals surface area contributed by atoms with Crippen molar-refractivity contribution < 1.29 is 9.18 Å². The highest BCUT2D eigenvalue weighted by atomic mass is 35.5. The van der Waals surface area contributed by atoms with Crippen molar-refractivity contribution in [2.24, 2.45) is 5.41 Å². The van der Waals surface area contributed by atoms with Gasteiger partial charge < -0.3 is 4.90 Å². The number of carbonyl (C=O) groups is 1. The lowest BCUT2D eigenvalue weighted by Gasteiger charge is -2.38. The van der Waals surface area contributed by atoms with Crippen molar-refractivity contribution in [2.75, 3.05) is 26.2 Å². The van der Waals surface area contributed by atoms with Crippen molar-refractivity contribution in [1.82, 2.24) is 9.80 Å². The van der Waals surface area contributed by atoms with Crippen LogP contribution < -0.4 is 0 Å². The van der Waals surface area contributed by atoms with Gasteiger partial charge in [-0.05, 0) is 56.0 Å². The average Bonchev–Trinajstić information content (AvgIpc) is 2.81. The molecule has 0 bridgehead atoms. The van der Waals surface area contributed by atoms with Gasteiger partial charge in [-0.1, -0.05) is 17.7 Å². The van der Waals surface area contributed by atoms with E-state index in [2.05, 4.69) is 4.90 Å². The molecule has 0 atom stereocenters. The minimum atomic E-state index is -0.354. The Balaban J connectivity index is 1.58. The van der Waals surface area contributed by atoms with E-state index in [9.17, 15) is 9.18 Å². The molecule has 1 aromatic carbocycles. The maximum absolute atomic E-state index is 13.5. The van der Waals surface area contributed by atoms with E-state index in [0.29, 0.717) is 12.3 Å². The lowest BCUT2D eigenvalue weighted by molar-refractivity contribution is -0.127. The molecule has 2 saturated heterocycles. The summed E-state index contributed by atoms with van der Waals surface area (Å²) in [6.07, 6.45) is 2.79. The van der Waals surface area contributed by atoms with Crippen LogP contribution in [-0.4, -0.2) is 41.9 Å². The quantitative estimate of drug-likeness (QED) is 0.851. The summed E-state index contributed by atoms with van der Waals surface area (Å²) in [4.78, 5) is 16.3. The van der Waals surface area contributed by atoms with Gasteiger partial charge in [0.15, 0.2) is 0 Å². The van der Waals surface area contributed by atoms with E-state index in [0.717, 1.165) is 51.1 Å². The van der Waals surface area contributed by atoms with Gasteiger partial charge in [0.1, 0.15) is 5.82 Å². The van der Waals surface area contributed by atoms with Gasteiger partial charge in [0, 0.05) is 26.1 Å². The molecule has 2 fully saturated rings. The number of hydrogen-bond donors (Lipinski definition) is 0. The number of nitrogens with zero attached hydrogens (tertiary/aromatic N) is 2. The number of halogens is 2. The molecule has 1 aromatic rings. The molecule has 2 aliphatic heterocycles. The van der Waals surface area contributed by atoms with E-state index >= 15 is 0 Å². The third-order valence-corrected chi connectivity index (χ3v) is 5.40. The second-order valence-electron chi connectivity index (χ2n) is 6.61. The van der Waals surface area contributed by atoms with Crippen LogP contribution in [0.15, 0.2) is 18.2 Å². The smallest absolute Gasteiger partial charge is 0.223 e. The van der Waals surface area contributed by atoms with Gasteiger partial charge in [-0.3, -0.25) is 9.69 Å². The summed E-state index contributed by atoms with van der Waals surface area (Å²) in [5.41, 5.74) is 1.13. The Morgan fingerprint density at radius 1 is 1.32 bits per heavy atom. The summed E-state index contributed by atoms with van der Waals surface area (Å²) in [5.74, 6) is -0.0525. The molecule has 0 N–H and O–H groups in total. The van der Waals surface area contributed by atoms with Crippen molar-refractivity contribution in [2.45, 2.75) is 32.7 Å². The van der Waals surface area contributed by atoms with Crippen LogP contribution in [-0.2, 0) is 11.3 Å². The molecule has 5 heteroatoms. The topological polar surface area (TPSA) is 23.6 Å². The predicted molar refractivity (Wildman–Crippen MR) is 85.2 cm³/mol. The first kappa shape index (κ1) is 15.8. The Hall–Kier alpha value is -1.13. The first-order valence-corrected chi connectivity index (χ1v) is 8.33. The standard InChI is InChI=1S/C17H22ClFN2O/c1-2-21-12-17(10-16(21)22)5-7-20(8-6-17)11-13-3-4-14(18)15(19)9-13/h3-4,9H,2,5-8,10-12H2,1H3. The highest BCUT2D eigenvalue weighted by Gasteiger charge is 2.44. The molecule has 3 rings (SSSR count). The molecule has 0 radical (unpaired) electrons. The maximum Gasteiger partial charge on any atom is 0.223 e. The summed E-state index contributed by atoms with van der Waals surface area (Å²) in [5, 5.41) is 0.172. The molecule has 0 unspecified atom stereocenters. The number of hydrogen-bond acceptors (Lipinski definition) is 2. The van der Waals surface area contributed by atoms with Crippen LogP contribution in [0.25, 0.3) is 0 Å². The fraction of sp³-hybridized carbons (Fsp3) is 0.588. The number of piperidine rings is 1. The Morgan fingerprint density at radius 2 is 2.05 bits per heavy atom. The van der Waals surface area contributed by atoms with Gasteiger partial charge in [-0.2, -0.15) is 0 Å². The van der Waals surface area contributed by atoms with E-state index in [1.54, 1.807) is 6.07 Å². The van der Waals surface area contributed by atoms with Crippen molar-refractivity contribution in [3.05, 3.63) is 34.6 Å². The monoisotopic (exact) mass is 324 g/mol. The van der Waals surface area contributed by atoms with Gasteiger partial charge in [0.2, 0.25) is 5.91 Å². The molecule has 22 heavy (non-hydrogen) atoms. The normalized spacial score (nSPS) is 21.8. The van der Waals surface area contributed by atoms with Crippen molar-refractivity contribution in [3.8, 4) is 0 Å². The summed E-state index contributed by atoms with van der Waals surface area (Å²) < 4.78 is 13.5. The fourth-order valence-electron chi connectivity index (χ4n) is 3.69. The first-order valence-electron chi connectivity index (χ1n) is 7.95. The molecular formula is C17H22ClFN2O. The second kappa shape index (κ2) is 6.17. The minimum Gasteiger partial charge on any atom is -0.342 e. The van der Waals surface area contributed by atoms with E-state index in [1.807, 2.05) is 17.9 Å². The molecule has 2 heterocycles. The van der Waals surface area contributed by atoms with E-state index in [1.165, 1.54) is 6.07 Å². The van der Waals surface area contributed by atoms with Crippen molar-refractivity contribution in [1.29, 1.82) is 0 Å². The molecule has 0 saturated carbocycles. The first-order chi connectivity index (χ1) is 10.5. The Bertz CT molecular complexity index is 570. The zero-order chi connectivity index (χ0) is 15.7. The summed E-state index contributed by atoms with van der Waals surface area (Å²) >= 11 is 5.72. The van der Waals surface area contributed by atoms with Crippen LogP contribution in [0.2, 0.25) is 5.02 Å². The number of amides is 1. The lowest BCUT2D eigenvalue weighted by Crippen LogP contribution is -2.41. The molecule has 1 amide bonds. The Morgan fingerprint density at radius 3 is 2.64 bits per heavy atom. The highest BCUT2D eigenvalue weighted by Crippen LogP contribution is 2.41. The molecule has 0 aromatic heterocycles. The van der Waals surface area contributed by atoms with Crippen molar-refractivity contribution >= 4 is 17.5 Å². The summed E-state index contributed by atoms with van der Waals surface area (Å²) in [6, 6.07) is 5.02. The van der Waals surface area contributed by atoms with Crippen molar-refractivity contribution in [3.63, 3.8) is 0 Å². The summed E-state index contributed by atoms with van der Waals surface area (Å²) in [6.45, 7) is 6.45. The number of benzene rings is 1.